The fourth-order valence-corrected chi connectivity index (χ4v) is 3.17. The number of nitrogen functional groups attached to an aromatic ring is 1. The number of anilines is 1. The molecule has 2 heterocycles. The molecule has 0 spiro atoms. The topological polar surface area (TPSA) is 83.0 Å². The van der Waals surface area contributed by atoms with E-state index >= 15 is 0 Å². The monoisotopic (exact) mass is 366 g/mol. The van der Waals surface area contributed by atoms with Crippen molar-refractivity contribution >= 4 is 34.0 Å². The van der Waals surface area contributed by atoms with Gasteiger partial charge >= 0.3 is 5.97 Å². The predicted octanol–water partition coefficient (Wildman–Crippen LogP) is 4.48. The summed E-state index contributed by atoms with van der Waals surface area (Å²) < 4.78 is 7.22. The molecular weight excluding hydrogens is 340 g/mol. The lowest BCUT2D eigenvalue weighted by molar-refractivity contribution is 0.0501. The first-order valence-corrected chi connectivity index (χ1v) is 9.49. The fraction of sp³-hybridized carbons (Fsp3) is 0.381. The smallest absolute Gasteiger partial charge is 0.344 e. The molecule has 1 aromatic carbocycles. The van der Waals surface area contributed by atoms with E-state index in [0.717, 1.165) is 30.3 Å². The lowest BCUT2D eigenvalue weighted by Gasteiger charge is -2.06. The summed E-state index contributed by atoms with van der Waals surface area (Å²) in [4.78, 5) is 22.0. The third kappa shape index (κ3) is 3.94. The van der Waals surface area contributed by atoms with Crippen LogP contribution in [0.25, 0.3) is 22.2 Å². The second-order valence-electron chi connectivity index (χ2n) is 6.59. The van der Waals surface area contributed by atoms with Gasteiger partial charge in [0.15, 0.2) is 5.65 Å². The van der Waals surface area contributed by atoms with Gasteiger partial charge in [0, 0.05) is 6.54 Å². The predicted molar refractivity (Wildman–Crippen MR) is 109 cm³/mol. The van der Waals surface area contributed by atoms with Gasteiger partial charge in [0.2, 0.25) is 0 Å². The normalized spacial score (nSPS) is 11.1. The average Bonchev–Trinajstić information content (AvgIpc) is 2.94. The van der Waals surface area contributed by atoms with E-state index in [-0.39, 0.29) is 0 Å². The second kappa shape index (κ2) is 8.66. The van der Waals surface area contributed by atoms with Crippen LogP contribution in [-0.2, 0) is 11.3 Å². The lowest BCUT2D eigenvalue weighted by atomic mass is 10.2. The highest BCUT2D eigenvalue weighted by molar-refractivity contribution is 6.08. The van der Waals surface area contributed by atoms with E-state index in [1.165, 1.54) is 12.8 Å². The highest BCUT2D eigenvalue weighted by Crippen LogP contribution is 2.28. The number of hydrogen-bond acceptors (Lipinski definition) is 5. The highest BCUT2D eigenvalue weighted by Gasteiger charge is 2.24. The van der Waals surface area contributed by atoms with Crippen LogP contribution in [0, 0.1) is 0 Å². The number of benzene rings is 1. The maximum atomic E-state index is 12.7. The highest BCUT2D eigenvalue weighted by atomic mass is 16.5. The van der Waals surface area contributed by atoms with Crippen molar-refractivity contribution in [2.45, 2.75) is 45.6 Å². The Balaban J connectivity index is 1.91. The lowest BCUT2D eigenvalue weighted by Crippen LogP contribution is -2.10. The number of aromatic nitrogens is 3. The molecule has 0 aliphatic heterocycles. The van der Waals surface area contributed by atoms with Gasteiger partial charge in [0.1, 0.15) is 16.9 Å². The molecule has 6 nitrogen and oxygen atoms in total. The van der Waals surface area contributed by atoms with Gasteiger partial charge in [-0.1, -0.05) is 50.8 Å². The Hall–Kier alpha value is -2.89. The minimum absolute atomic E-state index is 0.290. The number of ether oxygens (including phenoxy) is 1. The van der Waals surface area contributed by atoms with Crippen molar-refractivity contribution in [1.82, 2.24) is 14.5 Å². The Labute approximate surface area is 159 Å². The van der Waals surface area contributed by atoms with Gasteiger partial charge in [-0.05, 0) is 18.6 Å². The molecule has 0 atom stereocenters. The molecule has 2 aromatic heterocycles. The van der Waals surface area contributed by atoms with Crippen molar-refractivity contribution in [3.8, 4) is 0 Å². The van der Waals surface area contributed by atoms with E-state index in [9.17, 15) is 4.79 Å². The molecule has 0 fully saturated rings. The van der Waals surface area contributed by atoms with Crippen LogP contribution in [0.3, 0.4) is 0 Å². The third-order valence-corrected chi connectivity index (χ3v) is 4.59. The number of allylic oxidation sites excluding steroid dienone is 1. The molecule has 142 valence electrons. The van der Waals surface area contributed by atoms with Crippen LogP contribution in [0.1, 0.15) is 49.4 Å². The summed E-state index contributed by atoms with van der Waals surface area (Å²) in [5, 5.41) is 0. The first-order chi connectivity index (χ1) is 13.2. The molecule has 6 heteroatoms. The van der Waals surface area contributed by atoms with Crippen molar-refractivity contribution in [3.63, 3.8) is 0 Å². The van der Waals surface area contributed by atoms with Gasteiger partial charge in [-0.15, -0.1) is 6.58 Å². The summed E-state index contributed by atoms with van der Waals surface area (Å²) in [5.41, 5.74) is 9.08. The molecule has 0 unspecified atom stereocenters. The molecule has 0 radical (unpaired) electrons. The number of nitrogens with two attached hydrogens (primary N) is 1. The molecule has 3 rings (SSSR count). The SMILES string of the molecule is C=CCn1c(N)c(C(=O)OCCCCCCC)c2nc3ccccc3nc21. The van der Waals surface area contributed by atoms with E-state index in [4.69, 9.17) is 10.5 Å². The number of para-hydroxylation sites is 2. The number of carbonyl (C=O) groups is 1. The number of fused-ring (bicyclic) bond motifs is 2. The van der Waals surface area contributed by atoms with Gasteiger partial charge < -0.3 is 15.0 Å². The number of rotatable bonds is 9. The minimum atomic E-state index is -0.444. The summed E-state index contributed by atoms with van der Waals surface area (Å²) in [6.45, 7) is 6.77. The van der Waals surface area contributed by atoms with Crippen molar-refractivity contribution in [1.29, 1.82) is 0 Å². The van der Waals surface area contributed by atoms with E-state index in [1.54, 1.807) is 10.6 Å². The summed E-state index contributed by atoms with van der Waals surface area (Å²) in [6.07, 6.45) is 7.18. The van der Waals surface area contributed by atoms with E-state index < -0.39 is 5.97 Å². The molecule has 0 bridgehead atoms. The zero-order chi connectivity index (χ0) is 19.2. The molecule has 2 N–H and O–H groups in total. The Morgan fingerprint density at radius 2 is 1.89 bits per heavy atom. The van der Waals surface area contributed by atoms with Crippen molar-refractivity contribution in [2.24, 2.45) is 0 Å². The summed E-state index contributed by atoms with van der Waals surface area (Å²) in [6, 6.07) is 7.55. The number of nitrogens with zero attached hydrogens (tertiary/aromatic N) is 3. The Morgan fingerprint density at radius 3 is 2.59 bits per heavy atom. The summed E-state index contributed by atoms with van der Waals surface area (Å²) in [5.74, 6) is -0.128. The number of unbranched alkanes of at least 4 members (excludes halogenated alkanes) is 4. The standard InChI is InChI=1S/C21H26N4O2/c1-3-5-6-7-10-14-27-21(26)17-18-20(25(13-4-2)19(17)22)24-16-12-9-8-11-15(16)23-18/h4,8-9,11-12H,2-3,5-7,10,13-14,22H2,1H3. The van der Waals surface area contributed by atoms with Crippen LogP contribution < -0.4 is 5.73 Å². The van der Waals surface area contributed by atoms with Crippen LogP contribution in [0.5, 0.6) is 0 Å². The largest absolute Gasteiger partial charge is 0.462 e. The molecular formula is C21H26N4O2. The van der Waals surface area contributed by atoms with Crippen molar-refractivity contribution < 1.29 is 9.53 Å². The van der Waals surface area contributed by atoms with Crippen molar-refractivity contribution in [3.05, 3.63) is 42.5 Å². The van der Waals surface area contributed by atoms with Crippen molar-refractivity contribution in [2.75, 3.05) is 12.3 Å². The minimum Gasteiger partial charge on any atom is -0.462 e. The van der Waals surface area contributed by atoms with Gasteiger partial charge in [-0.2, -0.15) is 0 Å². The average molecular weight is 366 g/mol. The number of hydrogen-bond donors (Lipinski definition) is 1. The second-order valence-corrected chi connectivity index (χ2v) is 6.59. The zero-order valence-electron chi connectivity index (χ0n) is 15.8. The van der Waals surface area contributed by atoms with Gasteiger partial charge in [-0.25, -0.2) is 14.8 Å². The maximum Gasteiger partial charge on any atom is 0.344 e. The van der Waals surface area contributed by atoms with E-state index in [1.807, 2.05) is 24.3 Å². The Kier molecular flexibility index (Phi) is 6.06. The molecule has 0 amide bonds. The number of carbonyl (C=O) groups excluding carboxylic acids is 1. The Morgan fingerprint density at radius 1 is 1.19 bits per heavy atom. The van der Waals surface area contributed by atoms with Crippen LogP contribution in [0.4, 0.5) is 5.82 Å². The molecule has 0 aliphatic rings. The first-order valence-electron chi connectivity index (χ1n) is 9.49. The van der Waals surface area contributed by atoms with Crippen LogP contribution in [-0.4, -0.2) is 27.1 Å². The van der Waals surface area contributed by atoms with Crippen LogP contribution >= 0.6 is 0 Å². The fourth-order valence-electron chi connectivity index (χ4n) is 3.17. The molecule has 0 saturated carbocycles. The van der Waals surface area contributed by atoms with Crippen LogP contribution in [0.15, 0.2) is 36.9 Å². The molecule has 0 aliphatic carbocycles. The number of esters is 1. The first kappa shape index (κ1) is 18.9. The van der Waals surface area contributed by atoms with Crippen LogP contribution in [0.2, 0.25) is 0 Å². The molecule has 0 saturated heterocycles. The van der Waals surface area contributed by atoms with Gasteiger partial charge in [0.05, 0.1) is 17.6 Å². The summed E-state index contributed by atoms with van der Waals surface area (Å²) >= 11 is 0. The molecule has 27 heavy (non-hydrogen) atoms. The summed E-state index contributed by atoms with van der Waals surface area (Å²) in [7, 11) is 0. The van der Waals surface area contributed by atoms with E-state index in [2.05, 4.69) is 23.5 Å². The quantitative estimate of drug-likeness (QED) is 0.343. The van der Waals surface area contributed by atoms with Gasteiger partial charge in [0.25, 0.3) is 0 Å². The maximum absolute atomic E-state index is 12.7. The van der Waals surface area contributed by atoms with Gasteiger partial charge in [-0.3, -0.25) is 0 Å². The van der Waals surface area contributed by atoms with E-state index in [0.29, 0.717) is 35.7 Å². The molecule has 3 aromatic rings. The Bertz CT molecular complexity index is 962. The third-order valence-electron chi connectivity index (χ3n) is 4.59. The zero-order valence-corrected chi connectivity index (χ0v) is 15.8.